The highest BCUT2D eigenvalue weighted by Gasteiger charge is 2.46. The van der Waals surface area contributed by atoms with Gasteiger partial charge in [-0.15, -0.1) is 0 Å². The number of hydrogen-bond acceptors (Lipinski definition) is 5. The molecular weight excluding hydrogens is 399 g/mol. The lowest BCUT2D eigenvalue weighted by Gasteiger charge is -2.40. The van der Waals surface area contributed by atoms with E-state index in [1.54, 1.807) is 11.8 Å². The first kappa shape index (κ1) is 26.4. The van der Waals surface area contributed by atoms with Crippen molar-refractivity contribution < 1.29 is 14.6 Å². The van der Waals surface area contributed by atoms with Gasteiger partial charge in [0, 0.05) is 28.4 Å². The number of alkyl halides is 1. The van der Waals surface area contributed by atoms with Gasteiger partial charge in [0.1, 0.15) is 11.8 Å². The van der Waals surface area contributed by atoms with Crippen molar-refractivity contribution >= 4 is 17.4 Å². The minimum atomic E-state index is -1.85. The third-order valence-electron chi connectivity index (χ3n) is 5.29. The second-order valence-electron chi connectivity index (χ2n) is 7.83. The number of nitrogens with two attached hydrogens (primary N) is 1. The molecule has 0 spiro atoms. The van der Waals surface area contributed by atoms with Gasteiger partial charge in [-0.2, -0.15) is 0 Å². The van der Waals surface area contributed by atoms with Crippen LogP contribution in [0.1, 0.15) is 51.3 Å². The highest BCUT2D eigenvalue weighted by molar-refractivity contribution is 7.99. The fourth-order valence-corrected chi connectivity index (χ4v) is 4.00. The molecule has 0 bridgehead atoms. The number of aryl methyl sites for hydroxylation is 1. The van der Waals surface area contributed by atoms with Crippen LogP contribution >= 0.6 is 11.8 Å². The molecule has 0 heterocycles. The van der Waals surface area contributed by atoms with Crippen LogP contribution in [-0.2, 0) is 13.0 Å². The summed E-state index contributed by atoms with van der Waals surface area (Å²) in [6.07, 6.45) is -1.42. The maximum absolute atomic E-state index is 13.8. The third-order valence-corrected chi connectivity index (χ3v) is 6.50. The maximum atomic E-state index is 13.8. The molecule has 0 aliphatic heterocycles. The van der Waals surface area contributed by atoms with E-state index < -0.39 is 17.4 Å². The Kier molecular flexibility index (Phi) is 9.82. The van der Waals surface area contributed by atoms with E-state index in [-0.39, 0.29) is 6.42 Å². The average molecular weight is 437 g/mol. The number of rotatable bonds is 8. The fourth-order valence-electron chi connectivity index (χ4n) is 3.06. The van der Waals surface area contributed by atoms with E-state index in [9.17, 15) is 14.6 Å². The molecule has 6 heteroatoms. The molecule has 0 aliphatic rings. The topological polar surface area (TPSA) is 78.5 Å². The molecule has 0 radical (unpaired) electrons. The highest BCUT2D eigenvalue weighted by atomic mass is 32.2. The number of aliphatic hydroxyl groups is 2. The Morgan fingerprint density at radius 3 is 2.23 bits per heavy atom. The van der Waals surface area contributed by atoms with Crippen LogP contribution in [0.3, 0.4) is 0 Å². The van der Waals surface area contributed by atoms with Gasteiger partial charge in [-0.1, -0.05) is 43.8 Å². The normalized spacial score (nSPS) is 16.1. The minimum absolute atomic E-state index is 0.141. The van der Waals surface area contributed by atoms with E-state index in [1.807, 2.05) is 64.2 Å². The number of nitrogens with one attached hydrogen (secondary N) is 1. The van der Waals surface area contributed by atoms with E-state index in [0.717, 1.165) is 32.2 Å². The Balaban J connectivity index is 0.00000218. The molecule has 2 rings (SSSR count). The molecular formula is C24H37FN2O2S. The predicted molar refractivity (Wildman–Crippen MR) is 126 cm³/mol. The van der Waals surface area contributed by atoms with Crippen LogP contribution < -0.4 is 11.1 Å². The third kappa shape index (κ3) is 6.45. The second kappa shape index (κ2) is 11.1. The second-order valence-corrected chi connectivity index (χ2v) is 8.91. The van der Waals surface area contributed by atoms with Crippen LogP contribution in [0, 0.1) is 6.92 Å². The molecule has 4 nitrogen and oxygen atoms in total. The van der Waals surface area contributed by atoms with Crippen molar-refractivity contribution in [3.8, 4) is 0 Å². The first-order valence-corrected chi connectivity index (χ1v) is 11.2. The van der Waals surface area contributed by atoms with E-state index in [1.165, 1.54) is 20.8 Å². The predicted octanol–water partition coefficient (Wildman–Crippen LogP) is 4.88. The largest absolute Gasteiger partial charge is 0.398 e. The molecule has 0 saturated carbocycles. The first-order valence-electron chi connectivity index (χ1n) is 10.4. The summed E-state index contributed by atoms with van der Waals surface area (Å²) >= 11 is 1.59. The van der Waals surface area contributed by atoms with Gasteiger partial charge in [0.2, 0.25) is 0 Å². The molecule has 2 aromatic rings. The van der Waals surface area contributed by atoms with Crippen LogP contribution in [0.4, 0.5) is 10.1 Å². The van der Waals surface area contributed by atoms with Crippen molar-refractivity contribution in [2.75, 3.05) is 12.8 Å². The Morgan fingerprint density at radius 1 is 1.10 bits per heavy atom. The minimum Gasteiger partial charge on any atom is -0.398 e. The number of anilines is 1. The number of hydrogen-bond donors (Lipinski definition) is 4. The molecule has 3 unspecified atom stereocenters. The summed E-state index contributed by atoms with van der Waals surface area (Å²) in [6.45, 7) is 10.7. The molecule has 168 valence electrons. The quantitative estimate of drug-likeness (QED) is 0.444. The van der Waals surface area contributed by atoms with Crippen LogP contribution in [-0.4, -0.2) is 34.6 Å². The number of benzene rings is 2. The fraction of sp³-hybridized carbons (Fsp3) is 0.500. The molecule has 0 aromatic heterocycles. The first-order chi connectivity index (χ1) is 14.0. The Morgan fingerprint density at radius 2 is 1.70 bits per heavy atom. The Labute approximate surface area is 185 Å². The van der Waals surface area contributed by atoms with Crippen LogP contribution in [0.2, 0.25) is 0 Å². The van der Waals surface area contributed by atoms with Crippen molar-refractivity contribution in [3.05, 3.63) is 53.1 Å². The van der Waals surface area contributed by atoms with Gasteiger partial charge in [-0.05, 0) is 69.6 Å². The van der Waals surface area contributed by atoms with Crippen molar-refractivity contribution in [2.45, 2.75) is 81.7 Å². The molecule has 0 saturated heterocycles. The van der Waals surface area contributed by atoms with Gasteiger partial charge in [-0.25, -0.2) is 4.39 Å². The van der Waals surface area contributed by atoms with Crippen molar-refractivity contribution in [2.24, 2.45) is 0 Å². The lowest BCUT2D eigenvalue weighted by Crippen LogP contribution is -2.56. The van der Waals surface area contributed by atoms with Gasteiger partial charge >= 0.3 is 0 Å². The summed E-state index contributed by atoms with van der Waals surface area (Å²) in [6, 6.07) is 11.9. The molecule has 0 fully saturated rings. The molecule has 0 aliphatic carbocycles. The molecule has 0 amide bonds. The molecule has 5 N–H and O–H groups in total. The molecule has 2 aromatic carbocycles. The molecule has 3 atom stereocenters. The van der Waals surface area contributed by atoms with Crippen molar-refractivity contribution in [1.82, 2.24) is 5.32 Å². The Hall–Kier alpha value is -1.60. The Bertz CT molecular complexity index is 823. The SMILES string of the molecule is CC.CNCc1cc(CC(C)(O)C(C)(O)C(C)F)ccc1Sc1ccc(C)cc1N. The lowest BCUT2D eigenvalue weighted by atomic mass is 9.78. The van der Waals surface area contributed by atoms with E-state index >= 15 is 0 Å². The van der Waals surface area contributed by atoms with E-state index in [4.69, 9.17) is 5.73 Å². The van der Waals surface area contributed by atoms with E-state index in [0.29, 0.717) is 6.54 Å². The maximum Gasteiger partial charge on any atom is 0.128 e. The zero-order valence-corrected chi connectivity index (χ0v) is 20.0. The van der Waals surface area contributed by atoms with Gasteiger partial charge in [0.05, 0.1) is 5.60 Å². The number of nitrogen functional groups attached to an aromatic ring is 1. The van der Waals surface area contributed by atoms with Crippen molar-refractivity contribution in [3.63, 3.8) is 0 Å². The van der Waals surface area contributed by atoms with Crippen LogP contribution in [0.15, 0.2) is 46.2 Å². The number of halogens is 1. The molecule has 30 heavy (non-hydrogen) atoms. The summed E-state index contributed by atoms with van der Waals surface area (Å²) in [4.78, 5) is 2.04. The standard InChI is InChI=1S/C22H31FN2O2S.C2H6/c1-14-6-8-20(18(24)10-14)28-19-9-7-16(11-17(19)13-25-5)12-21(3,26)22(4,27)15(2)23;1-2/h6-11,15,25-27H,12-13,24H2,1-5H3;1-2H3. The zero-order chi connectivity index (χ0) is 23.1. The summed E-state index contributed by atoms with van der Waals surface area (Å²) in [7, 11) is 1.87. The van der Waals surface area contributed by atoms with E-state index in [2.05, 4.69) is 5.32 Å². The van der Waals surface area contributed by atoms with Crippen molar-refractivity contribution in [1.29, 1.82) is 0 Å². The average Bonchev–Trinajstić information content (AvgIpc) is 2.67. The van der Waals surface area contributed by atoms with Gasteiger partial charge in [-0.3, -0.25) is 0 Å². The van der Waals surface area contributed by atoms with Crippen LogP contribution in [0.5, 0.6) is 0 Å². The van der Waals surface area contributed by atoms with Gasteiger partial charge < -0.3 is 21.3 Å². The summed E-state index contributed by atoms with van der Waals surface area (Å²) in [5.74, 6) is 0. The highest BCUT2D eigenvalue weighted by Crippen LogP contribution is 2.36. The van der Waals surface area contributed by atoms with Gasteiger partial charge in [0.15, 0.2) is 0 Å². The monoisotopic (exact) mass is 436 g/mol. The summed E-state index contributed by atoms with van der Waals surface area (Å²) in [5.41, 5.74) is 6.43. The van der Waals surface area contributed by atoms with Crippen LogP contribution in [0.25, 0.3) is 0 Å². The smallest absolute Gasteiger partial charge is 0.128 e. The zero-order valence-electron chi connectivity index (χ0n) is 19.2. The van der Waals surface area contributed by atoms with Gasteiger partial charge in [0.25, 0.3) is 0 Å². The summed E-state index contributed by atoms with van der Waals surface area (Å²) < 4.78 is 13.8. The summed E-state index contributed by atoms with van der Waals surface area (Å²) in [5, 5.41) is 24.3. The lowest BCUT2D eigenvalue weighted by molar-refractivity contribution is -0.162.